The molecule has 0 aliphatic heterocycles. The average molecular weight is 340 g/mol. The minimum absolute atomic E-state index is 0.0289. The van der Waals surface area contributed by atoms with Gasteiger partial charge in [-0.3, -0.25) is 4.79 Å². The number of carbonyl (C=O) groups is 1. The summed E-state index contributed by atoms with van der Waals surface area (Å²) in [5.41, 5.74) is 7.83. The van der Waals surface area contributed by atoms with Crippen LogP contribution in [0.1, 0.15) is 37.4 Å². The molecule has 2 rings (SSSR count). The van der Waals surface area contributed by atoms with E-state index in [-0.39, 0.29) is 11.9 Å². The normalized spacial score (nSPS) is 13.1. The monoisotopic (exact) mass is 340 g/mol. The van der Waals surface area contributed by atoms with Crippen LogP contribution < -0.4 is 15.8 Å². The summed E-state index contributed by atoms with van der Waals surface area (Å²) in [4.78, 5) is 12.2. The highest BCUT2D eigenvalue weighted by Gasteiger charge is 2.13. The Balaban J connectivity index is 1.92. The molecule has 0 saturated heterocycles. The summed E-state index contributed by atoms with van der Waals surface area (Å²) in [6.07, 6.45) is 1.45. The fourth-order valence-electron chi connectivity index (χ4n) is 2.46. The van der Waals surface area contributed by atoms with Gasteiger partial charge in [-0.2, -0.15) is 0 Å². The molecule has 0 saturated carbocycles. The van der Waals surface area contributed by atoms with E-state index in [1.165, 1.54) is 0 Å². The first-order chi connectivity index (χ1) is 12.1. The van der Waals surface area contributed by atoms with Gasteiger partial charge in [0.1, 0.15) is 5.75 Å². The van der Waals surface area contributed by atoms with Crippen LogP contribution in [0.2, 0.25) is 0 Å². The minimum atomic E-state index is -0.195. The Kier molecular flexibility index (Phi) is 7.48. The van der Waals surface area contributed by atoms with Crippen LogP contribution in [0.5, 0.6) is 5.75 Å². The fourth-order valence-corrected chi connectivity index (χ4v) is 2.46. The number of ether oxygens (including phenoxy) is 1. The third-order valence-electron chi connectivity index (χ3n) is 4.29. The Morgan fingerprint density at radius 2 is 1.80 bits per heavy atom. The topological polar surface area (TPSA) is 64.3 Å². The third-order valence-corrected chi connectivity index (χ3v) is 4.29. The van der Waals surface area contributed by atoms with Crippen molar-refractivity contribution in [2.75, 3.05) is 13.2 Å². The number of amides is 1. The molecule has 0 spiro atoms. The molecule has 0 aromatic heterocycles. The van der Waals surface area contributed by atoms with Gasteiger partial charge in [-0.1, -0.05) is 62.7 Å². The van der Waals surface area contributed by atoms with Gasteiger partial charge in [-0.15, -0.1) is 0 Å². The summed E-state index contributed by atoms with van der Waals surface area (Å²) in [5, 5.41) is 3.01. The van der Waals surface area contributed by atoms with Crippen LogP contribution in [0.4, 0.5) is 0 Å². The molecule has 2 aromatic rings. The Labute approximate surface area is 150 Å². The smallest absolute Gasteiger partial charge is 0.224 e. The number of nitrogens with one attached hydrogen (secondary N) is 1. The second-order valence-electron chi connectivity index (χ2n) is 6.41. The van der Waals surface area contributed by atoms with E-state index in [0.29, 0.717) is 25.5 Å². The summed E-state index contributed by atoms with van der Waals surface area (Å²) in [5.74, 6) is 1.35. The summed E-state index contributed by atoms with van der Waals surface area (Å²) in [6.45, 7) is 5.39. The molecule has 3 N–H and O–H groups in total. The average Bonchev–Trinajstić information content (AvgIpc) is 2.65. The zero-order chi connectivity index (χ0) is 18.1. The van der Waals surface area contributed by atoms with E-state index in [0.717, 1.165) is 23.3 Å². The highest BCUT2D eigenvalue weighted by molar-refractivity contribution is 5.79. The maximum Gasteiger partial charge on any atom is 0.224 e. The van der Waals surface area contributed by atoms with Crippen LogP contribution in [-0.4, -0.2) is 19.1 Å². The van der Waals surface area contributed by atoms with Crippen LogP contribution in [0.25, 0.3) is 0 Å². The predicted octanol–water partition coefficient (Wildman–Crippen LogP) is 3.47. The third kappa shape index (κ3) is 6.24. The Bertz CT molecular complexity index is 641. The van der Waals surface area contributed by atoms with Gasteiger partial charge in [0.2, 0.25) is 5.91 Å². The highest BCUT2D eigenvalue weighted by Crippen LogP contribution is 2.18. The van der Waals surface area contributed by atoms with Crippen molar-refractivity contribution in [2.45, 2.75) is 32.7 Å². The molecule has 0 radical (unpaired) electrons. The van der Waals surface area contributed by atoms with Gasteiger partial charge < -0.3 is 15.8 Å². The lowest BCUT2D eigenvalue weighted by atomic mass is 10.1. The standard InChI is InChI=1S/C21H28N2O2/c1-3-16(2)15-25-19-11-9-18(10-12-19)20(14-22)23-21(24)13-17-7-5-4-6-8-17/h4-12,16,20H,3,13-15,22H2,1-2H3,(H,23,24). The Hall–Kier alpha value is -2.33. The summed E-state index contributed by atoms with van der Waals surface area (Å²) < 4.78 is 5.77. The van der Waals surface area contributed by atoms with Crippen LogP contribution in [0.15, 0.2) is 54.6 Å². The van der Waals surface area contributed by atoms with E-state index >= 15 is 0 Å². The van der Waals surface area contributed by atoms with Crippen molar-refractivity contribution in [3.05, 3.63) is 65.7 Å². The van der Waals surface area contributed by atoms with Crippen LogP contribution in [0, 0.1) is 5.92 Å². The van der Waals surface area contributed by atoms with Crippen molar-refractivity contribution < 1.29 is 9.53 Å². The van der Waals surface area contributed by atoms with Gasteiger partial charge in [-0.25, -0.2) is 0 Å². The van der Waals surface area contributed by atoms with Gasteiger partial charge in [0.15, 0.2) is 0 Å². The van der Waals surface area contributed by atoms with Gasteiger partial charge >= 0.3 is 0 Å². The van der Waals surface area contributed by atoms with Crippen molar-refractivity contribution in [1.29, 1.82) is 0 Å². The highest BCUT2D eigenvalue weighted by atomic mass is 16.5. The zero-order valence-corrected chi connectivity index (χ0v) is 15.1. The minimum Gasteiger partial charge on any atom is -0.493 e. The fraction of sp³-hybridized carbons (Fsp3) is 0.381. The molecule has 0 heterocycles. The zero-order valence-electron chi connectivity index (χ0n) is 15.1. The van der Waals surface area contributed by atoms with E-state index in [2.05, 4.69) is 19.2 Å². The number of nitrogens with two attached hydrogens (primary N) is 1. The molecule has 0 bridgehead atoms. The molecule has 0 aliphatic rings. The quantitative estimate of drug-likeness (QED) is 0.734. The van der Waals surface area contributed by atoms with Crippen LogP contribution >= 0.6 is 0 Å². The largest absolute Gasteiger partial charge is 0.493 e. The summed E-state index contributed by atoms with van der Waals surface area (Å²) in [6, 6.07) is 17.3. The maximum atomic E-state index is 12.2. The number of benzene rings is 2. The van der Waals surface area contributed by atoms with E-state index in [4.69, 9.17) is 10.5 Å². The van der Waals surface area contributed by atoms with Gasteiger partial charge in [0.05, 0.1) is 19.1 Å². The molecule has 2 unspecified atom stereocenters. The number of hydrogen-bond acceptors (Lipinski definition) is 3. The lowest BCUT2D eigenvalue weighted by Crippen LogP contribution is -2.34. The van der Waals surface area contributed by atoms with Crippen molar-refractivity contribution >= 4 is 5.91 Å². The van der Waals surface area contributed by atoms with Crippen molar-refractivity contribution in [3.8, 4) is 5.75 Å². The first-order valence-electron chi connectivity index (χ1n) is 8.88. The van der Waals surface area contributed by atoms with E-state index in [1.807, 2.05) is 54.6 Å². The summed E-state index contributed by atoms with van der Waals surface area (Å²) in [7, 11) is 0. The van der Waals surface area contributed by atoms with E-state index in [1.54, 1.807) is 0 Å². The maximum absolute atomic E-state index is 12.2. The first-order valence-corrected chi connectivity index (χ1v) is 8.88. The number of hydrogen-bond donors (Lipinski definition) is 2. The molecule has 0 fully saturated rings. The second kappa shape index (κ2) is 9.84. The van der Waals surface area contributed by atoms with E-state index < -0.39 is 0 Å². The van der Waals surface area contributed by atoms with Crippen molar-refractivity contribution in [2.24, 2.45) is 11.7 Å². The molecule has 4 heteroatoms. The molecule has 2 atom stereocenters. The van der Waals surface area contributed by atoms with Gasteiger partial charge in [0.25, 0.3) is 0 Å². The molecular formula is C21H28N2O2. The van der Waals surface area contributed by atoms with Crippen molar-refractivity contribution in [1.82, 2.24) is 5.32 Å². The number of rotatable bonds is 9. The van der Waals surface area contributed by atoms with Gasteiger partial charge in [-0.05, 0) is 29.2 Å². The first kappa shape index (κ1) is 19.0. The second-order valence-corrected chi connectivity index (χ2v) is 6.41. The lowest BCUT2D eigenvalue weighted by Gasteiger charge is -2.18. The Morgan fingerprint density at radius 3 is 2.40 bits per heavy atom. The van der Waals surface area contributed by atoms with Gasteiger partial charge in [0, 0.05) is 6.54 Å². The molecule has 134 valence electrons. The molecule has 4 nitrogen and oxygen atoms in total. The SMILES string of the molecule is CCC(C)COc1ccc(C(CN)NC(=O)Cc2ccccc2)cc1. The molecular weight excluding hydrogens is 312 g/mol. The molecule has 1 amide bonds. The predicted molar refractivity (Wildman–Crippen MR) is 101 cm³/mol. The number of carbonyl (C=O) groups excluding carboxylic acids is 1. The summed E-state index contributed by atoms with van der Waals surface area (Å²) >= 11 is 0. The molecule has 25 heavy (non-hydrogen) atoms. The molecule has 2 aromatic carbocycles. The Morgan fingerprint density at radius 1 is 1.12 bits per heavy atom. The lowest BCUT2D eigenvalue weighted by molar-refractivity contribution is -0.121. The van der Waals surface area contributed by atoms with Crippen molar-refractivity contribution in [3.63, 3.8) is 0 Å². The van der Waals surface area contributed by atoms with Crippen LogP contribution in [-0.2, 0) is 11.2 Å². The molecule has 0 aliphatic carbocycles. The van der Waals surface area contributed by atoms with Crippen LogP contribution in [0.3, 0.4) is 0 Å². The van der Waals surface area contributed by atoms with E-state index in [9.17, 15) is 4.79 Å².